The Morgan fingerprint density at radius 3 is 2.25 bits per heavy atom. The van der Waals surface area contributed by atoms with Gasteiger partial charge in [-0.05, 0) is 55.8 Å². The van der Waals surface area contributed by atoms with Crippen LogP contribution < -0.4 is 5.73 Å². The molecule has 4 rings (SSSR count). The van der Waals surface area contributed by atoms with Gasteiger partial charge in [0.15, 0.2) is 0 Å². The Hall–Kier alpha value is -0.610. The van der Waals surface area contributed by atoms with Crippen LogP contribution in [-0.4, -0.2) is 27.8 Å². The third kappa shape index (κ3) is 1.32. The summed E-state index contributed by atoms with van der Waals surface area (Å²) in [6.07, 6.45) is 5.28. The summed E-state index contributed by atoms with van der Waals surface area (Å²) in [4.78, 5) is 11.1. The molecule has 16 heavy (non-hydrogen) atoms. The molecule has 4 N–H and O–H groups in total. The van der Waals surface area contributed by atoms with Crippen LogP contribution in [0.5, 0.6) is 0 Å². The normalized spacial score (nSPS) is 51.6. The predicted octanol–water partition coefficient (Wildman–Crippen LogP) is 0.730. The van der Waals surface area contributed by atoms with E-state index < -0.39 is 17.6 Å². The van der Waals surface area contributed by atoms with Crippen molar-refractivity contribution in [1.29, 1.82) is 0 Å². The van der Waals surface area contributed by atoms with E-state index in [9.17, 15) is 9.90 Å². The van der Waals surface area contributed by atoms with Crippen molar-refractivity contribution >= 4 is 5.97 Å². The number of carboxylic acids is 1. The highest BCUT2D eigenvalue weighted by Gasteiger charge is 2.60. The van der Waals surface area contributed by atoms with E-state index in [-0.39, 0.29) is 5.41 Å². The number of rotatable bonds is 2. The Labute approximate surface area is 94.8 Å². The van der Waals surface area contributed by atoms with E-state index in [1.54, 1.807) is 0 Å². The molecule has 4 nitrogen and oxygen atoms in total. The minimum absolute atomic E-state index is 0.329. The molecule has 4 aliphatic carbocycles. The number of carbonyl (C=O) groups is 1. The van der Waals surface area contributed by atoms with Crippen LogP contribution in [0.2, 0.25) is 0 Å². The van der Waals surface area contributed by atoms with Gasteiger partial charge in [0.1, 0.15) is 6.04 Å². The Morgan fingerprint density at radius 1 is 1.25 bits per heavy atom. The molecular weight excluding hydrogens is 210 g/mol. The van der Waals surface area contributed by atoms with Crippen LogP contribution in [0, 0.1) is 17.3 Å². The summed E-state index contributed by atoms with van der Waals surface area (Å²) in [7, 11) is 0. The highest BCUT2D eigenvalue weighted by atomic mass is 16.7. The molecule has 4 bridgehead atoms. The van der Waals surface area contributed by atoms with Crippen LogP contribution in [0.1, 0.15) is 38.5 Å². The molecule has 4 saturated carbocycles. The van der Waals surface area contributed by atoms with Crippen molar-refractivity contribution in [2.45, 2.75) is 50.2 Å². The zero-order valence-electron chi connectivity index (χ0n) is 9.35. The molecule has 0 amide bonds. The average Bonchev–Trinajstić information content (AvgIpc) is 2.12. The van der Waals surface area contributed by atoms with E-state index in [0.717, 1.165) is 32.1 Å². The summed E-state index contributed by atoms with van der Waals surface area (Å²) in [6.45, 7) is 0. The fourth-order valence-electron chi connectivity index (χ4n) is 4.91. The van der Waals surface area contributed by atoms with Gasteiger partial charge in [-0.25, -0.2) is 0 Å². The molecule has 0 spiro atoms. The molecule has 0 saturated heterocycles. The maximum atomic E-state index is 11.1. The lowest BCUT2D eigenvalue weighted by Gasteiger charge is -2.61. The maximum absolute atomic E-state index is 11.1. The number of aliphatic hydroxyl groups is 1. The molecule has 0 radical (unpaired) electrons. The van der Waals surface area contributed by atoms with Crippen LogP contribution >= 0.6 is 0 Å². The maximum Gasteiger partial charge on any atom is 0.321 e. The first-order valence-corrected chi connectivity index (χ1v) is 6.13. The Kier molecular flexibility index (Phi) is 1.97. The molecule has 0 aliphatic heterocycles. The van der Waals surface area contributed by atoms with Gasteiger partial charge in [0.05, 0.1) is 5.60 Å². The van der Waals surface area contributed by atoms with Crippen LogP contribution in [0.4, 0.5) is 0 Å². The summed E-state index contributed by atoms with van der Waals surface area (Å²) in [6, 6.07) is -0.801. The number of hydrogen-bond donors (Lipinski definition) is 3. The third-order valence-electron chi connectivity index (χ3n) is 5.00. The van der Waals surface area contributed by atoms with E-state index in [1.807, 2.05) is 0 Å². The molecule has 4 heteroatoms. The van der Waals surface area contributed by atoms with E-state index >= 15 is 0 Å². The number of carboxylic acid groups (broad SMARTS) is 1. The quantitative estimate of drug-likeness (QED) is 0.651. The Balaban J connectivity index is 1.94. The van der Waals surface area contributed by atoms with Crippen molar-refractivity contribution in [2.75, 3.05) is 0 Å². The Morgan fingerprint density at radius 2 is 1.81 bits per heavy atom. The van der Waals surface area contributed by atoms with Gasteiger partial charge in [-0.2, -0.15) is 0 Å². The fourth-order valence-corrected chi connectivity index (χ4v) is 4.91. The lowest BCUT2D eigenvalue weighted by Crippen LogP contribution is -2.62. The minimum Gasteiger partial charge on any atom is -0.480 e. The first kappa shape index (κ1) is 10.5. The van der Waals surface area contributed by atoms with E-state index in [4.69, 9.17) is 10.8 Å². The van der Waals surface area contributed by atoms with Gasteiger partial charge in [0, 0.05) is 0 Å². The summed E-state index contributed by atoms with van der Waals surface area (Å²) in [5.41, 5.74) is 4.92. The highest BCUT2D eigenvalue weighted by Crippen LogP contribution is 2.62. The van der Waals surface area contributed by atoms with Crippen molar-refractivity contribution in [2.24, 2.45) is 23.0 Å². The molecule has 5 atom stereocenters. The summed E-state index contributed by atoms with van der Waals surface area (Å²) < 4.78 is 0. The molecule has 0 aromatic rings. The second-order valence-electron chi connectivity index (χ2n) is 6.36. The van der Waals surface area contributed by atoms with Gasteiger partial charge in [-0.3, -0.25) is 4.79 Å². The second kappa shape index (κ2) is 2.99. The topological polar surface area (TPSA) is 83.6 Å². The van der Waals surface area contributed by atoms with Gasteiger partial charge in [-0.1, -0.05) is 0 Å². The van der Waals surface area contributed by atoms with Crippen molar-refractivity contribution in [3.05, 3.63) is 0 Å². The van der Waals surface area contributed by atoms with Crippen molar-refractivity contribution in [3.63, 3.8) is 0 Å². The number of nitrogens with two attached hydrogens (primary N) is 1. The minimum atomic E-state index is -0.912. The van der Waals surface area contributed by atoms with Crippen molar-refractivity contribution in [1.82, 2.24) is 0 Å². The summed E-state index contributed by atoms with van der Waals surface area (Å²) in [5, 5.41) is 19.6. The van der Waals surface area contributed by atoms with Crippen molar-refractivity contribution in [3.8, 4) is 0 Å². The smallest absolute Gasteiger partial charge is 0.321 e. The van der Waals surface area contributed by atoms with Gasteiger partial charge in [0.25, 0.3) is 0 Å². The van der Waals surface area contributed by atoms with Crippen LogP contribution in [0.15, 0.2) is 0 Å². The predicted molar refractivity (Wildman–Crippen MR) is 57.7 cm³/mol. The van der Waals surface area contributed by atoms with Gasteiger partial charge >= 0.3 is 5.97 Å². The number of hydrogen-bond acceptors (Lipinski definition) is 3. The second-order valence-corrected chi connectivity index (χ2v) is 6.36. The van der Waals surface area contributed by atoms with E-state index in [2.05, 4.69) is 0 Å². The lowest BCUT2D eigenvalue weighted by atomic mass is 9.51. The van der Waals surface area contributed by atoms with Crippen LogP contribution in [-0.2, 0) is 4.79 Å². The lowest BCUT2D eigenvalue weighted by molar-refractivity contribution is -0.179. The van der Waals surface area contributed by atoms with E-state index in [1.165, 1.54) is 0 Å². The zero-order chi connectivity index (χ0) is 11.6. The first-order chi connectivity index (χ1) is 7.42. The van der Waals surface area contributed by atoms with E-state index in [0.29, 0.717) is 18.3 Å². The highest BCUT2D eigenvalue weighted by molar-refractivity contribution is 5.74. The Bertz CT molecular complexity index is 327. The van der Waals surface area contributed by atoms with Crippen molar-refractivity contribution < 1.29 is 15.0 Å². The van der Waals surface area contributed by atoms with Crippen LogP contribution in [0.25, 0.3) is 0 Å². The average molecular weight is 229 g/mol. The SMILES string of the molecule is N[14C@H]([14C](=O)O)C12C[C@@H]3C[C@@H](CC(O)(C3)C1)C2. The van der Waals surface area contributed by atoms with Gasteiger partial charge < -0.3 is 15.9 Å². The fraction of sp³-hybridized carbons (Fsp3) is 0.917. The number of aliphatic carboxylic acids is 1. The standard InChI is InChI=1S/C12H19NO3/c13-9(10(14)15)11-2-7-1-8(3-11)5-12(16,4-7)6-11/h7-9,16H,1-6,13H2,(H,14,15)/t7-,8+,9-,11?,12?/m1/s1/i9+2,10+2. The molecule has 0 aromatic heterocycles. The monoisotopic (exact) mass is 229 g/mol. The summed E-state index contributed by atoms with van der Waals surface area (Å²) >= 11 is 0. The molecule has 4 fully saturated rings. The molecule has 2 unspecified atom stereocenters. The molecule has 0 aromatic carbocycles. The van der Waals surface area contributed by atoms with Crippen LogP contribution in [0.3, 0.4) is 0 Å². The summed E-state index contributed by atoms with van der Waals surface area (Å²) in [5.74, 6) is 0.0823. The zero-order valence-corrected chi connectivity index (χ0v) is 9.35. The molecule has 4 aliphatic rings. The molecule has 0 heterocycles. The third-order valence-corrected chi connectivity index (χ3v) is 5.00. The largest absolute Gasteiger partial charge is 0.480 e. The molecular formula is C12H19NO3. The van der Waals surface area contributed by atoms with Gasteiger partial charge in [-0.15, -0.1) is 0 Å². The van der Waals surface area contributed by atoms with Gasteiger partial charge in [0.2, 0.25) is 0 Å². The first-order valence-electron chi connectivity index (χ1n) is 6.13. The molecule has 90 valence electrons.